The van der Waals surface area contributed by atoms with Gasteiger partial charge in [-0.3, -0.25) is 9.59 Å². The van der Waals surface area contributed by atoms with Crippen molar-refractivity contribution in [1.29, 1.82) is 0 Å². The first-order valence-corrected chi connectivity index (χ1v) is 8.90. The summed E-state index contributed by atoms with van der Waals surface area (Å²) in [6.45, 7) is 5.69. The Morgan fingerprint density at radius 1 is 1.15 bits per heavy atom. The zero-order valence-electron chi connectivity index (χ0n) is 15.4. The van der Waals surface area contributed by atoms with Crippen LogP contribution in [0.1, 0.15) is 44.0 Å². The summed E-state index contributed by atoms with van der Waals surface area (Å²) in [4.78, 5) is 36.3. The van der Waals surface area contributed by atoms with E-state index >= 15 is 0 Å². The van der Waals surface area contributed by atoms with Gasteiger partial charge in [-0.05, 0) is 49.9 Å². The second kappa shape index (κ2) is 9.22. The normalized spacial score (nSPS) is 14.5. The number of nitrogens with one attached hydrogen (secondary N) is 2. The molecule has 1 atom stereocenters. The number of hydrogen-bond acceptors (Lipinski definition) is 5. The monoisotopic (exact) mass is 362 g/mol. The summed E-state index contributed by atoms with van der Waals surface area (Å²) in [7, 11) is 0. The molecule has 2 N–H and O–H groups in total. The van der Waals surface area contributed by atoms with Gasteiger partial charge in [-0.15, -0.1) is 0 Å². The highest BCUT2D eigenvalue weighted by Crippen LogP contribution is 2.18. The molecule has 1 aliphatic rings. The molecule has 2 rings (SSSR count). The Hall–Kier alpha value is -2.57. The van der Waals surface area contributed by atoms with Crippen molar-refractivity contribution in [3.63, 3.8) is 0 Å². The van der Waals surface area contributed by atoms with Crippen molar-refractivity contribution >= 4 is 17.8 Å². The van der Waals surface area contributed by atoms with Crippen molar-refractivity contribution < 1.29 is 23.9 Å². The van der Waals surface area contributed by atoms with E-state index in [1.165, 1.54) is 0 Å². The Bertz CT molecular complexity index is 638. The maximum Gasteiger partial charge on any atom is 0.329 e. The van der Waals surface area contributed by atoms with Crippen molar-refractivity contribution in [3.8, 4) is 5.75 Å². The fraction of sp³-hybridized carbons (Fsp3) is 0.526. The van der Waals surface area contributed by atoms with E-state index < -0.39 is 12.0 Å². The molecule has 7 heteroatoms. The largest absolute Gasteiger partial charge is 0.494 e. The molecule has 0 radical (unpaired) electrons. The summed E-state index contributed by atoms with van der Waals surface area (Å²) in [5, 5.41) is 5.42. The smallest absolute Gasteiger partial charge is 0.329 e. The SMILES string of the molecule is CCOc1ccc(C(=O)N[C@H](C(=O)OCC(=O)NC2CC2)C(C)C)cc1. The molecule has 0 spiro atoms. The van der Waals surface area contributed by atoms with E-state index in [4.69, 9.17) is 9.47 Å². The van der Waals surface area contributed by atoms with Crippen LogP contribution >= 0.6 is 0 Å². The standard InChI is InChI=1S/C19H26N2O5/c1-4-25-15-9-5-13(6-10-15)18(23)21-17(12(2)3)19(24)26-11-16(22)20-14-7-8-14/h5-6,9-10,12,14,17H,4,7-8,11H2,1-3H3,(H,20,22)(H,21,23)/t17-/m0/s1. The van der Waals surface area contributed by atoms with E-state index in [0.29, 0.717) is 17.9 Å². The molecule has 1 saturated carbocycles. The topological polar surface area (TPSA) is 93.7 Å². The summed E-state index contributed by atoms with van der Waals surface area (Å²) in [5.74, 6) is -0.830. The van der Waals surface area contributed by atoms with Crippen LogP contribution in [0.15, 0.2) is 24.3 Å². The molecule has 0 aliphatic heterocycles. The molecule has 2 amide bonds. The number of amides is 2. The highest BCUT2D eigenvalue weighted by molar-refractivity contribution is 5.97. The average Bonchev–Trinajstić information content (AvgIpc) is 3.42. The van der Waals surface area contributed by atoms with Crippen LogP contribution in [0.5, 0.6) is 5.75 Å². The minimum Gasteiger partial charge on any atom is -0.494 e. The molecule has 26 heavy (non-hydrogen) atoms. The molecule has 0 unspecified atom stereocenters. The molecule has 1 aromatic rings. The zero-order valence-corrected chi connectivity index (χ0v) is 15.4. The zero-order chi connectivity index (χ0) is 19.1. The highest BCUT2D eigenvalue weighted by atomic mass is 16.5. The maximum atomic E-state index is 12.4. The van der Waals surface area contributed by atoms with Crippen LogP contribution < -0.4 is 15.4 Å². The predicted molar refractivity (Wildman–Crippen MR) is 95.8 cm³/mol. The number of esters is 1. The van der Waals surface area contributed by atoms with Gasteiger partial charge in [0.1, 0.15) is 11.8 Å². The fourth-order valence-corrected chi connectivity index (χ4v) is 2.31. The van der Waals surface area contributed by atoms with Crippen molar-refractivity contribution in [2.45, 2.75) is 45.7 Å². The average molecular weight is 362 g/mol. The molecule has 1 fully saturated rings. The van der Waals surface area contributed by atoms with Gasteiger partial charge < -0.3 is 20.1 Å². The van der Waals surface area contributed by atoms with E-state index in [1.54, 1.807) is 38.1 Å². The summed E-state index contributed by atoms with van der Waals surface area (Å²) in [6, 6.07) is 6.04. The molecular weight excluding hydrogens is 336 g/mol. The van der Waals surface area contributed by atoms with Gasteiger partial charge in [0.05, 0.1) is 6.61 Å². The molecule has 0 heterocycles. The number of carbonyl (C=O) groups excluding carboxylic acids is 3. The minimum atomic E-state index is -0.831. The van der Waals surface area contributed by atoms with E-state index in [-0.39, 0.29) is 30.4 Å². The third-order valence-corrected chi connectivity index (χ3v) is 3.92. The molecular formula is C19H26N2O5. The summed E-state index contributed by atoms with van der Waals surface area (Å²) < 4.78 is 10.4. The lowest BCUT2D eigenvalue weighted by Gasteiger charge is -2.21. The number of ether oxygens (including phenoxy) is 2. The van der Waals surface area contributed by atoms with Gasteiger partial charge in [-0.2, -0.15) is 0 Å². The Kier molecular flexibility index (Phi) is 7.00. The highest BCUT2D eigenvalue weighted by Gasteiger charge is 2.28. The Balaban J connectivity index is 1.89. The van der Waals surface area contributed by atoms with Crippen LogP contribution in [0, 0.1) is 5.92 Å². The predicted octanol–water partition coefficient (Wildman–Crippen LogP) is 1.66. The maximum absolute atomic E-state index is 12.4. The van der Waals surface area contributed by atoms with E-state index in [0.717, 1.165) is 12.8 Å². The summed E-state index contributed by atoms with van der Waals surface area (Å²) >= 11 is 0. The van der Waals surface area contributed by atoms with Crippen LogP contribution in [0.25, 0.3) is 0 Å². The molecule has 1 aliphatic carbocycles. The number of benzene rings is 1. The molecule has 1 aromatic carbocycles. The third-order valence-electron chi connectivity index (χ3n) is 3.92. The van der Waals surface area contributed by atoms with E-state index in [9.17, 15) is 14.4 Å². The summed E-state index contributed by atoms with van der Waals surface area (Å²) in [6.07, 6.45) is 1.93. The lowest BCUT2D eigenvalue weighted by molar-refractivity contribution is -0.151. The second-order valence-electron chi connectivity index (χ2n) is 6.60. The van der Waals surface area contributed by atoms with Gasteiger partial charge in [0.2, 0.25) is 0 Å². The first kappa shape index (κ1) is 19.8. The third kappa shape index (κ3) is 6.06. The first-order chi connectivity index (χ1) is 12.4. The van der Waals surface area contributed by atoms with Crippen LogP contribution in [-0.2, 0) is 14.3 Å². The molecule has 142 valence electrons. The number of hydrogen-bond donors (Lipinski definition) is 2. The molecule has 7 nitrogen and oxygen atoms in total. The fourth-order valence-electron chi connectivity index (χ4n) is 2.31. The van der Waals surface area contributed by atoms with Gasteiger partial charge in [0, 0.05) is 11.6 Å². The van der Waals surface area contributed by atoms with Crippen LogP contribution in [0.3, 0.4) is 0 Å². The molecule has 0 bridgehead atoms. The Labute approximate surface area is 153 Å². The van der Waals surface area contributed by atoms with Gasteiger partial charge >= 0.3 is 5.97 Å². The first-order valence-electron chi connectivity index (χ1n) is 8.90. The van der Waals surface area contributed by atoms with Gasteiger partial charge in [-0.25, -0.2) is 4.79 Å². The molecule has 0 aromatic heterocycles. The number of carbonyl (C=O) groups is 3. The van der Waals surface area contributed by atoms with Crippen molar-refractivity contribution in [2.24, 2.45) is 5.92 Å². The Morgan fingerprint density at radius 2 is 1.81 bits per heavy atom. The van der Waals surface area contributed by atoms with E-state index in [2.05, 4.69) is 10.6 Å². The van der Waals surface area contributed by atoms with E-state index in [1.807, 2.05) is 6.92 Å². The molecule has 0 saturated heterocycles. The van der Waals surface area contributed by atoms with Gasteiger partial charge in [0.25, 0.3) is 11.8 Å². The second-order valence-corrected chi connectivity index (χ2v) is 6.60. The van der Waals surface area contributed by atoms with Crippen molar-refractivity contribution in [2.75, 3.05) is 13.2 Å². The minimum absolute atomic E-state index is 0.180. The number of rotatable bonds is 9. The van der Waals surface area contributed by atoms with Crippen molar-refractivity contribution in [1.82, 2.24) is 10.6 Å². The van der Waals surface area contributed by atoms with Crippen molar-refractivity contribution in [3.05, 3.63) is 29.8 Å². The van der Waals surface area contributed by atoms with Gasteiger partial charge in [0.15, 0.2) is 6.61 Å². The summed E-state index contributed by atoms with van der Waals surface area (Å²) in [5.41, 5.74) is 0.415. The van der Waals surface area contributed by atoms with Crippen LogP contribution in [-0.4, -0.2) is 43.1 Å². The lowest BCUT2D eigenvalue weighted by atomic mass is 10.0. The quantitative estimate of drug-likeness (QED) is 0.652. The Morgan fingerprint density at radius 3 is 2.35 bits per heavy atom. The van der Waals surface area contributed by atoms with Crippen LogP contribution in [0.2, 0.25) is 0 Å². The van der Waals surface area contributed by atoms with Crippen LogP contribution in [0.4, 0.5) is 0 Å². The lowest BCUT2D eigenvalue weighted by Crippen LogP contribution is -2.46. The van der Waals surface area contributed by atoms with Gasteiger partial charge in [-0.1, -0.05) is 13.8 Å².